The van der Waals surface area contributed by atoms with Crippen LogP contribution in [0.3, 0.4) is 0 Å². The summed E-state index contributed by atoms with van der Waals surface area (Å²) in [4.78, 5) is 24.3. The van der Waals surface area contributed by atoms with Crippen LogP contribution in [0.15, 0.2) is 48.5 Å². The van der Waals surface area contributed by atoms with Crippen molar-refractivity contribution in [2.75, 3.05) is 13.9 Å². The summed E-state index contributed by atoms with van der Waals surface area (Å²) < 4.78 is 15.4. The number of carbonyl (C=O) groups is 2. The molecule has 0 fully saturated rings. The Kier molecular flexibility index (Phi) is 4.65. The normalized spacial score (nSPS) is 13.2. The van der Waals surface area contributed by atoms with E-state index in [0.717, 1.165) is 5.56 Å². The van der Waals surface area contributed by atoms with Gasteiger partial charge in [0, 0.05) is 12.0 Å². The lowest BCUT2D eigenvalue weighted by Gasteiger charge is -2.17. The third kappa shape index (κ3) is 3.48. The van der Waals surface area contributed by atoms with Crippen LogP contribution in [0.5, 0.6) is 11.5 Å². The molecule has 1 heterocycles. The van der Waals surface area contributed by atoms with Crippen LogP contribution in [0.25, 0.3) is 0 Å². The maximum absolute atomic E-state index is 12.3. The van der Waals surface area contributed by atoms with Crippen LogP contribution in [0.1, 0.15) is 15.9 Å². The predicted octanol–water partition coefficient (Wildman–Crippen LogP) is 1.93. The quantitative estimate of drug-likeness (QED) is 0.850. The minimum absolute atomic E-state index is 0.184. The molecular formula is C18H17NO5. The second-order valence-corrected chi connectivity index (χ2v) is 5.31. The molecule has 3 rings (SSSR count). The minimum Gasteiger partial charge on any atom is -0.467 e. The average Bonchev–Trinajstić information content (AvgIpc) is 3.09. The van der Waals surface area contributed by atoms with Gasteiger partial charge < -0.3 is 19.5 Å². The molecule has 2 aromatic carbocycles. The highest BCUT2D eigenvalue weighted by Crippen LogP contribution is 2.32. The van der Waals surface area contributed by atoms with Crippen LogP contribution in [0.4, 0.5) is 0 Å². The molecule has 124 valence electrons. The molecule has 24 heavy (non-hydrogen) atoms. The Morgan fingerprint density at radius 1 is 1.12 bits per heavy atom. The molecule has 0 unspecified atom stereocenters. The van der Waals surface area contributed by atoms with E-state index in [-0.39, 0.29) is 12.7 Å². The van der Waals surface area contributed by atoms with Gasteiger partial charge in [-0.2, -0.15) is 0 Å². The molecule has 0 bridgehead atoms. The van der Waals surface area contributed by atoms with Crippen molar-refractivity contribution < 1.29 is 23.8 Å². The topological polar surface area (TPSA) is 73.9 Å². The maximum atomic E-state index is 12.3. The summed E-state index contributed by atoms with van der Waals surface area (Å²) in [6.07, 6.45) is 0.294. The van der Waals surface area contributed by atoms with E-state index in [0.29, 0.717) is 23.5 Å². The number of nitrogens with one attached hydrogen (secondary N) is 1. The molecule has 0 aliphatic carbocycles. The van der Waals surface area contributed by atoms with Crippen LogP contribution in [0.2, 0.25) is 0 Å². The number of ether oxygens (including phenoxy) is 3. The van der Waals surface area contributed by atoms with Crippen molar-refractivity contribution >= 4 is 11.9 Å². The Morgan fingerprint density at radius 2 is 1.88 bits per heavy atom. The van der Waals surface area contributed by atoms with Gasteiger partial charge in [0.15, 0.2) is 11.5 Å². The summed E-state index contributed by atoms with van der Waals surface area (Å²) >= 11 is 0. The van der Waals surface area contributed by atoms with Crippen LogP contribution in [-0.2, 0) is 16.0 Å². The molecule has 0 spiro atoms. The average molecular weight is 327 g/mol. The zero-order chi connectivity index (χ0) is 16.9. The van der Waals surface area contributed by atoms with Gasteiger partial charge >= 0.3 is 5.97 Å². The first-order valence-electron chi connectivity index (χ1n) is 7.49. The van der Waals surface area contributed by atoms with E-state index in [9.17, 15) is 9.59 Å². The first-order chi connectivity index (χ1) is 11.7. The van der Waals surface area contributed by atoms with Gasteiger partial charge in [0.1, 0.15) is 6.04 Å². The molecule has 1 amide bonds. The van der Waals surface area contributed by atoms with E-state index < -0.39 is 12.0 Å². The van der Waals surface area contributed by atoms with Gasteiger partial charge in [0.25, 0.3) is 5.91 Å². The summed E-state index contributed by atoms with van der Waals surface area (Å²) in [6.45, 7) is 0.184. The summed E-state index contributed by atoms with van der Waals surface area (Å²) in [5.41, 5.74) is 1.32. The van der Waals surface area contributed by atoms with Crippen molar-refractivity contribution in [3.8, 4) is 11.5 Å². The van der Waals surface area contributed by atoms with Gasteiger partial charge in [-0.1, -0.05) is 24.3 Å². The molecule has 2 aromatic rings. The van der Waals surface area contributed by atoms with Crippen molar-refractivity contribution in [1.82, 2.24) is 5.32 Å². The molecule has 0 saturated heterocycles. The zero-order valence-electron chi connectivity index (χ0n) is 13.2. The van der Waals surface area contributed by atoms with Gasteiger partial charge in [-0.05, 0) is 29.8 Å². The van der Waals surface area contributed by atoms with Crippen molar-refractivity contribution in [2.24, 2.45) is 0 Å². The molecule has 1 atom stereocenters. The number of fused-ring (bicyclic) bond motifs is 1. The lowest BCUT2D eigenvalue weighted by atomic mass is 10.0. The van der Waals surface area contributed by atoms with E-state index >= 15 is 0 Å². The van der Waals surface area contributed by atoms with Gasteiger partial charge in [0.2, 0.25) is 6.79 Å². The lowest BCUT2D eigenvalue weighted by molar-refractivity contribution is -0.142. The van der Waals surface area contributed by atoms with Crippen LogP contribution in [-0.4, -0.2) is 31.8 Å². The van der Waals surface area contributed by atoms with E-state index in [4.69, 9.17) is 14.2 Å². The Bertz CT molecular complexity index is 744. The number of hydrogen-bond donors (Lipinski definition) is 1. The number of esters is 1. The molecule has 0 saturated carbocycles. The van der Waals surface area contributed by atoms with Crippen molar-refractivity contribution in [2.45, 2.75) is 12.5 Å². The van der Waals surface area contributed by atoms with Gasteiger partial charge in [-0.15, -0.1) is 0 Å². The largest absolute Gasteiger partial charge is 0.467 e. The fourth-order valence-electron chi connectivity index (χ4n) is 2.47. The van der Waals surface area contributed by atoms with E-state index in [1.807, 2.05) is 12.1 Å². The molecule has 1 aliphatic rings. The minimum atomic E-state index is -0.789. The van der Waals surface area contributed by atoms with E-state index in [1.54, 1.807) is 36.4 Å². The number of methoxy groups -OCH3 is 1. The lowest BCUT2D eigenvalue weighted by Crippen LogP contribution is -2.43. The van der Waals surface area contributed by atoms with Gasteiger partial charge in [-0.25, -0.2) is 4.79 Å². The standard InChI is InChI=1S/C18H17NO5/c1-22-18(21)14(19-17(20)13-5-3-2-4-6-13)9-12-7-8-15-16(10-12)24-11-23-15/h2-8,10,14H,9,11H2,1H3,(H,19,20)/t14-/m0/s1. The molecule has 6 nitrogen and oxygen atoms in total. The molecule has 1 N–H and O–H groups in total. The SMILES string of the molecule is COC(=O)[C@H](Cc1ccc2c(c1)OCO2)NC(=O)c1ccccc1. The Balaban J connectivity index is 1.74. The molecule has 0 aromatic heterocycles. The molecular weight excluding hydrogens is 310 g/mol. The number of amides is 1. The van der Waals surface area contributed by atoms with Crippen LogP contribution >= 0.6 is 0 Å². The first-order valence-corrected chi connectivity index (χ1v) is 7.49. The van der Waals surface area contributed by atoms with Crippen molar-refractivity contribution in [3.63, 3.8) is 0 Å². The number of rotatable bonds is 5. The maximum Gasteiger partial charge on any atom is 0.328 e. The zero-order valence-corrected chi connectivity index (χ0v) is 13.2. The van der Waals surface area contributed by atoms with Crippen molar-refractivity contribution in [3.05, 3.63) is 59.7 Å². The number of hydrogen-bond acceptors (Lipinski definition) is 5. The highest BCUT2D eigenvalue weighted by molar-refractivity contribution is 5.96. The van der Waals surface area contributed by atoms with Crippen LogP contribution in [0, 0.1) is 0 Å². The second-order valence-electron chi connectivity index (χ2n) is 5.31. The molecule has 0 radical (unpaired) electrons. The Hall–Kier alpha value is -3.02. The Morgan fingerprint density at radius 3 is 2.62 bits per heavy atom. The van der Waals surface area contributed by atoms with E-state index in [2.05, 4.69) is 5.32 Å². The predicted molar refractivity (Wildman–Crippen MR) is 86.0 cm³/mol. The fraction of sp³-hybridized carbons (Fsp3) is 0.222. The van der Waals surface area contributed by atoms with E-state index in [1.165, 1.54) is 7.11 Å². The Labute approximate surface area is 139 Å². The van der Waals surface area contributed by atoms with Crippen LogP contribution < -0.4 is 14.8 Å². The fourth-order valence-corrected chi connectivity index (χ4v) is 2.47. The van der Waals surface area contributed by atoms with Gasteiger partial charge in [0.05, 0.1) is 7.11 Å². The highest BCUT2D eigenvalue weighted by atomic mass is 16.7. The number of benzene rings is 2. The third-order valence-corrected chi connectivity index (χ3v) is 3.70. The molecule has 1 aliphatic heterocycles. The summed E-state index contributed by atoms with van der Waals surface area (Å²) in [5.74, 6) is 0.468. The summed E-state index contributed by atoms with van der Waals surface area (Å²) in [5, 5.41) is 2.71. The second kappa shape index (κ2) is 7.04. The monoisotopic (exact) mass is 327 g/mol. The smallest absolute Gasteiger partial charge is 0.328 e. The first kappa shape index (κ1) is 15.9. The van der Waals surface area contributed by atoms with Crippen molar-refractivity contribution in [1.29, 1.82) is 0 Å². The number of carbonyl (C=O) groups excluding carboxylic acids is 2. The third-order valence-electron chi connectivity index (χ3n) is 3.70. The summed E-state index contributed by atoms with van der Waals surface area (Å²) in [7, 11) is 1.30. The summed E-state index contributed by atoms with van der Waals surface area (Å²) in [6, 6.07) is 13.3. The highest BCUT2D eigenvalue weighted by Gasteiger charge is 2.24. The molecule has 6 heteroatoms. The van der Waals surface area contributed by atoms with Gasteiger partial charge in [-0.3, -0.25) is 4.79 Å².